The minimum atomic E-state index is -0.162. The van der Waals surface area contributed by atoms with Crippen molar-refractivity contribution >= 4 is 56.4 Å². The van der Waals surface area contributed by atoms with Crippen molar-refractivity contribution in [1.29, 1.82) is 0 Å². The lowest BCUT2D eigenvalue weighted by molar-refractivity contribution is 0.102. The first-order valence-electron chi connectivity index (χ1n) is 10.1. The normalized spacial score (nSPS) is 14.5. The molecule has 0 aromatic heterocycles. The molecular weight excluding hydrogens is 497 g/mol. The van der Waals surface area contributed by atoms with Crippen molar-refractivity contribution in [2.75, 3.05) is 36.4 Å². The average Bonchev–Trinajstić information content (AvgIpc) is 2.77. The summed E-state index contributed by atoms with van der Waals surface area (Å²) in [5.74, 6) is -0.162. The van der Waals surface area contributed by atoms with E-state index in [4.69, 9.17) is 23.2 Å². The molecule has 0 bridgehead atoms. The number of hydrogen-bond acceptors (Lipinski definition) is 3. The summed E-state index contributed by atoms with van der Waals surface area (Å²) >= 11 is 16.2. The molecule has 1 amide bonds. The maximum absolute atomic E-state index is 12.4. The SMILES string of the molecule is O=C(Nc1ccc(N2CCN(Cc3ccccc3Cl)CC2)c(Cl)c1)c1ccc(Br)cc1. The second-order valence-corrected chi connectivity index (χ2v) is 9.21. The van der Waals surface area contributed by atoms with Gasteiger partial charge in [-0.15, -0.1) is 0 Å². The van der Waals surface area contributed by atoms with E-state index in [0.29, 0.717) is 16.3 Å². The number of amides is 1. The zero-order valence-corrected chi connectivity index (χ0v) is 19.9. The summed E-state index contributed by atoms with van der Waals surface area (Å²) < 4.78 is 0.934. The summed E-state index contributed by atoms with van der Waals surface area (Å²) in [7, 11) is 0. The van der Waals surface area contributed by atoms with E-state index in [2.05, 4.69) is 37.1 Å². The van der Waals surface area contributed by atoms with Crippen LogP contribution in [-0.4, -0.2) is 37.0 Å². The molecule has 1 fully saturated rings. The smallest absolute Gasteiger partial charge is 0.255 e. The van der Waals surface area contributed by atoms with Crippen LogP contribution in [0.25, 0.3) is 0 Å². The summed E-state index contributed by atoms with van der Waals surface area (Å²) in [6, 6.07) is 20.9. The fraction of sp³-hybridized carbons (Fsp3) is 0.208. The van der Waals surface area contributed by atoms with E-state index in [1.807, 2.05) is 48.5 Å². The third-order valence-electron chi connectivity index (χ3n) is 5.38. The van der Waals surface area contributed by atoms with Crippen LogP contribution < -0.4 is 10.2 Å². The van der Waals surface area contributed by atoms with Crippen molar-refractivity contribution in [3.63, 3.8) is 0 Å². The Labute approximate surface area is 200 Å². The first-order valence-corrected chi connectivity index (χ1v) is 11.6. The molecule has 0 radical (unpaired) electrons. The predicted octanol–water partition coefficient (Wildman–Crippen LogP) is 6.33. The highest BCUT2D eigenvalue weighted by molar-refractivity contribution is 9.10. The number of rotatable bonds is 5. The van der Waals surface area contributed by atoms with Crippen molar-refractivity contribution in [1.82, 2.24) is 4.90 Å². The van der Waals surface area contributed by atoms with E-state index < -0.39 is 0 Å². The number of hydrogen-bond donors (Lipinski definition) is 1. The predicted molar refractivity (Wildman–Crippen MR) is 132 cm³/mol. The number of halogens is 3. The summed E-state index contributed by atoms with van der Waals surface area (Å²) in [6.45, 7) is 4.49. The second kappa shape index (κ2) is 10.0. The summed E-state index contributed by atoms with van der Waals surface area (Å²) in [5, 5.41) is 4.36. The molecule has 0 unspecified atom stereocenters. The number of anilines is 2. The van der Waals surface area contributed by atoms with E-state index in [1.54, 1.807) is 12.1 Å². The monoisotopic (exact) mass is 517 g/mol. The van der Waals surface area contributed by atoms with E-state index in [9.17, 15) is 4.79 Å². The minimum absolute atomic E-state index is 0.162. The molecule has 160 valence electrons. The van der Waals surface area contributed by atoms with Gasteiger partial charge in [0.15, 0.2) is 0 Å². The highest BCUT2D eigenvalue weighted by Gasteiger charge is 2.20. The molecule has 7 heteroatoms. The Morgan fingerprint density at radius 2 is 1.61 bits per heavy atom. The summed E-state index contributed by atoms with van der Waals surface area (Å²) in [6.07, 6.45) is 0. The van der Waals surface area contributed by atoms with E-state index in [0.717, 1.165) is 53.5 Å². The topological polar surface area (TPSA) is 35.6 Å². The fourth-order valence-electron chi connectivity index (χ4n) is 3.66. The maximum atomic E-state index is 12.4. The largest absolute Gasteiger partial charge is 0.368 e. The molecule has 0 aliphatic carbocycles. The van der Waals surface area contributed by atoms with Crippen LogP contribution in [0.1, 0.15) is 15.9 Å². The van der Waals surface area contributed by atoms with Gasteiger partial charge < -0.3 is 10.2 Å². The van der Waals surface area contributed by atoms with Crippen LogP contribution in [0.5, 0.6) is 0 Å². The van der Waals surface area contributed by atoms with E-state index in [1.165, 1.54) is 0 Å². The third kappa shape index (κ3) is 5.60. The highest BCUT2D eigenvalue weighted by atomic mass is 79.9. The van der Waals surface area contributed by atoms with Crippen LogP contribution in [0, 0.1) is 0 Å². The van der Waals surface area contributed by atoms with Crippen LogP contribution >= 0.6 is 39.1 Å². The first-order chi connectivity index (χ1) is 15.0. The lowest BCUT2D eigenvalue weighted by atomic mass is 10.1. The lowest BCUT2D eigenvalue weighted by Gasteiger charge is -2.36. The van der Waals surface area contributed by atoms with E-state index in [-0.39, 0.29) is 5.91 Å². The van der Waals surface area contributed by atoms with Gasteiger partial charge in [0.1, 0.15) is 0 Å². The lowest BCUT2D eigenvalue weighted by Crippen LogP contribution is -2.46. The minimum Gasteiger partial charge on any atom is -0.368 e. The van der Waals surface area contributed by atoms with Crippen molar-refractivity contribution < 1.29 is 4.79 Å². The molecule has 3 aromatic carbocycles. The van der Waals surface area contributed by atoms with Gasteiger partial charge in [0.25, 0.3) is 5.91 Å². The Hall–Kier alpha value is -2.05. The van der Waals surface area contributed by atoms with Crippen LogP contribution in [0.4, 0.5) is 11.4 Å². The van der Waals surface area contributed by atoms with Crippen molar-refractivity contribution in [2.24, 2.45) is 0 Å². The zero-order valence-electron chi connectivity index (χ0n) is 16.8. The third-order valence-corrected chi connectivity index (χ3v) is 6.58. The van der Waals surface area contributed by atoms with Gasteiger partial charge in [-0.05, 0) is 54.1 Å². The van der Waals surface area contributed by atoms with Gasteiger partial charge in [-0.25, -0.2) is 0 Å². The number of nitrogens with one attached hydrogen (secondary N) is 1. The van der Waals surface area contributed by atoms with Gasteiger partial charge in [-0.1, -0.05) is 57.3 Å². The van der Waals surface area contributed by atoms with Crippen LogP contribution in [0.2, 0.25) is 10.0 Å². The molecule has 0 spiro atoms. The number of piperazine rings is 1. The molecule has 1 heterocycles. The van der Waals surface area contributed by atoms with Crippen LogP contribution in [0.15, 0.2) is 71.2 Å². The standard InChI is InChI=1S/C24H22BrCl2N3O/c25-19-7-5-17(6-8-19)24(31)28-20-9-10-23(22(27)15-20)30-13-11-29(12-14-30)16-18-3-1-2-4-21(18)26/h1-10,15H,11-14,16H2,(H,28,31). The summed E-state index contributed by atoms with van der Waals surface area (Å²) in [5.41, 5.74) is 3.42. The van der Waals surface area contributed by atoms with Crippen molar-refractivity contribution in [3.05, 3.63) is 92.4 Å². The van der Waals surface area contributed by atoms with Gasteiger partial charge in [-0.3, -0.25) is 9.69 Å². The Morgan fingerprint density at radius 1 is 0.903 bits per heavy atom. The summed E-state index contributed by atoms with van der Waals surface area (Å²) in [4.78, 5) is 17.1. The van der Waals surface area contributed by atoms with Crippen LogP contribution in [0.3, 0.4) is 0 Å². The Kier molecular flexibility index (Phi) is 7.18. The Bertz CT molecular complexity index is 1070. The van der Waals surface area contributed by atoms with Gasteiger partial charge in [0, 0.05) is 53.5 Å². The zero-order chi connectivity index (χ0) is 21.8. The molecule has 3 aromatic rings. The molecular formula is C24H22BrCl2N3O. The van der Waals surface area contributed by atoms with Crippen molar-refractivity contribution in [3.8, 4) is 0 Å². The molecule has 1 aliphatic heterocycles. The van der Waals surface area contributed by atoms with Gasteiger partial charge in [0.2, 0.25) is 0 Å². The number of carbonyl (C=O) groups is 1. The molecule has 4 rings (SSSR count). The van der Waals surface area contributed by atoms with Gasteiger partial charge in [-0.2, -0.15) is 0 Å². The number of carbonyl (C=O) groups excluding carboxylic acids is 1. The second-order valence-electron chi connectivity index (χ2n) is 7.48. The average molecular weight is 519 g/mol. The first kappa shape index (κ1) is 22.2. The van der Waals surface area contributed by atoms with Crippen LogP contribution in [-0.2, 0) is 6.54 Å². The van der Waals surface area contributed by atoms with E-state index >= 15 is 0 Å². The van der Waals surface area contributed by atoms with Crippen molar-refractivity contribution in [2.45, 2.75) is 6.54 Å². The molecule has 4 nitrogen and oxygen atoms in total. The Balaban J connectivity index is 1.36. The molecule has 0 atom stereocenters. The fourth-order valence-corrected chi connectivity index (χ4v) is 4.42. The number of nitrogens with zero attached hydrogens (tertiary/aromatic N) is 2. The quantitative estimate of drug-likeness (QED) is 0.428. The molecule has 1 saturated heterocycles. The molecule has 1 N–H and O–H groups in total. The molecule has 0 saturated carbocycles. The molecule has 1 aliphatic rings. The van der Waals surface area contributed by atoms with Gasteiger partial charge in [0.05, 0.1) is 10.7 Å². The highest BCUT2D eigenvalue weighted by Crippen LogP contribution is 2.30. The molecule has 31 heavy (non-hydrogen) atoms. The maximum Gasteiger partial charge on any atom is 0.255 e. The Morgan fingerprint density at radius 3 is 2.29 bits per heavy atom. The number of benzene rings is 3. The van der Waals surface area contributed by atoms with Gasteiger partial charge >= 0.3 is 0 Å².